The highest BCUT2D eigenvalue weighted by Gasteiger charge is 2.42. The van der Waals surface area contributed by atoms with Crippen LogP contribution in [0.15, 0.2) is 48.5 Å². The Bertz CT molecular complexity index is 807. The smallest absolute Gasteiger partial charge is 0.253 e. The molecule has 1 saturated carbocycles. The third kappa shape index (κ3) is 4.16. The van der Waals surface area contributed by atoms with E-state index in [9.17, 15) is 9.59 Å². The Morgan fingerprint density at radius 1 is 1.00 bits per heavy atom. The van der Waals surface area contributed by atoms with Gasteiger partial charge >= 0.3 is 0 Å². The highest BCUT2D eigenvalue weighted by Crippen LogP contribution is 2.41. The molecule has 2 aromatic carbocycles. The largest absolute Gasteiger partial charge is 0.351 e. The first-order valence-corrected chi connectivity index (χ1v) is 9.65. The number of carbonyl (C=O) groups is 2. The number of nitrogens with one attached hydrogen (secondary N) is 1. The first-order chi connectivity index (χ1) is 12.9. The number of benzene rings is 2. The van der Waals surface area contributed by atoms with Crippen LogP contribution in [0.25, 0.3) is 0 Å². The van der Waals surface area contributed by atoms with Crippen LogP contribution in [0.2, 0.25) is 5.02 Å². The van der Waals surface area contributed by atoms with E-state index in [-0.39, 0.29) is 11.8 Å². The molecule has 0 unspecified atom stereocenters. The van der Waals surface area contributed by atoms with Crippen molar-refractivity contribution < 1.29 is 9.59 Å². The molecule has 0 atom stereocenters. The van der Waals surface area contributed by atoms with Crippen LogP contribution in [0, 0.1) is 0 Å². The molecule has 142 valence electrons. The van der Waals surface area contributed by atoms with Crippen molar-refractivity contribution in [3.05, 3.63) is 70.2 Å². The zero-order valence-electron chi connectivity index (χ0n) is 15.8. The van der Waals surface area contributed by atoms with Crippen molar-refractivity contribution >= 4 is 23.4 Å². The fourth-order valence-corrected chi connectivity index (χ4v) is 3.90. The zero-order valence-corrected chi connectivity index (χ0v) is 16.6. The molecular weight excluding hydrogens is 360 g/mol. The molecule has 0 saturated heterocycles. The van der Waals surface area contributed by atoms with Crippen LogP contribution in [0.5, 0.6) is 0 Å². The van der Waals surface area contributed by atoms with Crippen LogP contribution >= 0.6 is 11.6 Å². The van der Waals surface area contributed by atoms with E-state index in [4.69, 9.17) is 11.6 Å². The summed E-state index contributed by atoms with van der Waals surface area (Å²) in [6, 6.07) is 15.0. The van der Waals surface area contributed by atoms with Gasteiger partial charge in [0.05, 0.1) is 5.41 Å². The summed E-state index contributed by atoms with van der Waals surface area (Å²) in [5, 5.41) is 3.78. The number of halogens is 1. The Labute approximate surface area is 165 Å². The number of hydrogen-bond donors (Lipinski definition) is 1. The van der Waals surface area contributed by atoms with E-state index in [0.29, 0.717) is 17.1 Å². The van der Waals surface area contributed by atoms with Crippen molar-refractivity contribution in [2.45, 2.75) is 37.6 Å². The first kappa shape index (κ1) is 19.4. The Kier molecular flexibility index (Phi) is 5.85. The molecule has 1 N–H and O–H groups in total. The molecule has 0 heterocycles. The van der Waals surface area contributed by atoms with Crippen molar-refractivity contribution in [1.82, 2.24) is 10.2 Å². The molecular formula is C22H25ClN2O2. The summed E-state index contributed by atoms with van der Waals surface area (Å²) in [6.45, 7) is 0.449. The molecule has 2 amide bonds. The topological polar surface area (TPSA) is 49.4 Å². The fraction of sp³-hybridized carbons (Fsp3) is 0.364. The lowest BCUT2D eigenvalue weighted by Gasteiger charge is -2.28. The summed E-state index contributed by atoms with van der Waals surface area (Å²) < 4.78 is 0. The monoisotopic (exact) mass is 384 g/mol. The van der Waals surface area contributed by atoms with Gasteiger partial charge in [-0.2, -0.15) is 0 Å². The molecule has 4 nitrogen and oxygen atoms in total. The molecule has 3 rings (SSSR count). The van der Waals surface area contributed by atoms with Gasteiger partial charge in [0.1, 0.15) is 0 Å². The van der Waals surface area contributed by atoms with Gasteiger partial charge in [-0.25, -0.2) is 0 Å². The number of amides is 2. The minimum absolute atomic E-state index is 0.0294. The van der Waals surface area contributed by atoms with E-state index < -0.39 is 5.41 Å². The quantitative estimate of drug-likeness (QED) is 0.841. The van der Waals surface area contributed by atoms with E-state index in [0.717, 1.165) is 36.8 Å². The lowest BCUT2D eigenvalue weighted by Crippen LogP contribution is -2.42. The maximum atomic E-state index is 13.1. The maximum Gasteiger partial charge on any atom is 0.253 e. The van der Waals surface area contributed by atoms with Crippen LogP contribution in [-0.4, -0.2) is 30.8 Å². The normalized spacial score (nSPS) is 15.4. The van der Waals surface area contributed by atoms with Gasteiger partial charge < -0.3 is 10.2 Å². The van der Waals surface area contributed by atoms with Crippen LogP contribution < -0.4 is 5.32 Å². The van der Waals surface area contributed by atoms with E-state index in [2.05, 4.69) is 5.32 Å². The van der Waals surface area contributed by atoms with E-state index in [1.165, 1.54) is 0 Å². The number of rotatable bonds is 5. The van der Waals surface area contributed by atoms with E-state index in [1.807, 2.05) is 36.4 Å². The average Bonchev–Trinajstić information content (AvgIpc) is 3.17. The molecule has 0 aromatic heterocycles. The third-order valence-corrected chi connectivity index (χ3v) is 5.60. The van der Waals surface area contributed by atoms with Crippen LogP contribution in [0.1, 0.15) is 47.2 Å². The van der Waals surface area contributed by atoms with Crippen LogP contribution in [0.3, 0.4) is 0 Å². The fourth-order valence-electron chi connectivity index (χ4n) is 3.77. The van der Waals surface area contributed by atoms with Gasteiger partial charge in [0.2, 0.25) is 5.91 Å². The van der Waals surface area contributed by atoms with E-state index in [1.54, 1.807) is 31.1 Å². The summed E-state index contributed by atoms with van der Waals surface area (Å²) >= 11 is 6.01. The van der Waals surface area contributed by atoms with Crippen molar-refractivity contribution in [3.8, 4) is 0 Å². The zero-order chi connectivity index (χ0) is 19.4. The summed E-state index contributed by atoms with van der Waals surface area (Å²) in [5.41, 5.74) is 2.19. The predicted molar refractivity (Wildman–Crippen MR) is 108 cm³/mol. The lowest BCUT2D eigenvalue weighted by atomic mass is 9.78. The highest BCUT2D eigenvalue weighted by atomic mass is 35.5. The Balaban J connectivity index is 1.70. The molecule has 2 aromatic rings. The standard InChI is InChI=1S/C22H25ClN2O2/c1-25(2)20(26)17-7-5-16(6-8-17)15-24-21(27)22(13-3-4-14-22)18-9-11-19(23)12-10-18/h5-12H,3-4,13-15H2,1-2H3,(H,24,27). The summed E-state index contributed by atoms with van der Waals surface area (Å²) in [5.74, 6) is 0.0361. The van der Waals surface area contributed by atoms with Crippen molar-refractivity contribution in [2.24, 2.45) is 0 Å². The van der Waals surface area contributed by atoms with E-state index >= 15 is 0 Å². The minimum Gasteiger partial charge on any atom is -0.351 e. The molecule has 0 bridgehead atoms. The van der Waals surface area contributed by atoms with Gasteiger partial charge in [0, 0.05) is 31.2 Å². The number of hydrogen-bond acceptors (Lipinski definition) is 2. The van der Waals surface area contributed by atoms with Crippen molar-refractivity contribution in [1.29, 1.82) is 0 Å². The molecule has 0 aliphatic heterocycles. The van der Waals surface area contributed by atoms with Crippen molar-refractivity contribution in [3.63, 3.8) is 0 Å². The highest BCUT2D eigenvalue weighted by molar-refractivity contribution is 6.30. The minimum atomic E-state index is -0.467. The molecule has 5 heteroatoms. The average molecular weight is 385 g/mol. The maximum absolute atomic E-state index is 13.1. The molecule has 27 heavy (non-hydrogen) atoms. The molecule has 1 aliphatic rings. The first-order valence-electron chi connectivity index (χ1n) is 9.27. The third-order valence-electron chi connectivity index (χ3n) is 5.35. The second kappa shape index (κ2) is 8.13. The van der Waals surface area contributed by atoms with Gasteiger partial charge in [-0.15, -0.1) is 0 Å². The second-order valence-corrected chi connectivity index (χ2v) is 7.81. The Morgan fingerprint density at radius 2 is 1.59 bits per heavy atom. The Hall–Kier alpha value is -2.33. The van der Waals surface area contributed by atoms with Crippen LogP contribution in [-0.2, 0) is 16.8 Å². The molecule has 1 fully saturated rings. The molecule has 0 radical (unpaired) electrons. The van der Waals surface area contributed by atoms with Crippen LogP contribution in [0.4, 0.5) is 0 Å². The number of nitrogens with zero attached hydrogens (tertiary/aromatic N) is 1. The molecule has 0 spiro atoms. The van der Waals surface area contributed by atoms with Gasteiger partial charge in [0.15, 0.2) is 0 Å². The summed E-state index contributed by atoms with van der Waals surface area (Å²) in [4.78, 5) is 26.6. The van der Waals surface area contributed by atoms with Crippen molar-refractivity contribution in [2.75, 3.05) is 14.1 Å². The predicted octanol–water partition coefficient (Wildman–Crippen LogP) is 4.17. The lowest BCUT2D eigenvalue weighted by molar-refractivity contribution is -0.126. The summed E-state index contributed by atoms with van der Waals surface area (Å²) in [6.07, 6.45) is 3.82. The van der Waals surface area contributed by atoms with Gasteiger partial charge in [-0.3, -0.25) is 9.59 Å². The van der Waals surface area contributed by atoms with Gasteiger partial charge in [-0.05, 0) is 48.2 Å². The SMILES string of the molecule is CN(C)C(=O)c1ccc(CNC(=O)C2(c3ccc(Cl)cc3)CCCC2)cc1. The number of carbonyl (C=O) groups excluding carboxylic acids is 2. The second-order valence-electron chi connectivity index (χ2n) is 7.38. The Morgan fingerprint density at radius 3 is 2.15 bits per heavy atom. The molecule has 1 aliphatic carbocycles. The summed E-state index contributed by atoms with van der Waals surface area (Å²) in [7, 11) is 3.46. The van der Waals surface area contributed by atoms with Gasteiger partial charge in [-0.1, -0.05) is 48.7 Å². The van der Waals surface area contributed by atoms with Gasteiger partial charge in [0.25, 0.3) is 5.91 Å².